The Morgan fingerprint density at radius 3 is 2.11 bits per heavy atom. The molecule has 186 valence electrons. The van der Waals surface area contributed by atoms with E-state index in [1.807, 2.05) is 0 Å². The van der Waals surface area contributed by atoms with Gasteiger partial charge in [-0.2, -0.15) is 0 Å². The standard InChI is InChI=1S/C24H19Cl2N3O7/c25-14-10-15(26)20(31)17(11-14)28-23(34)22(33)27-16-9-13(6-7-19(16)30)21(32)29-18(24(35)36)8-12-4-2-1-3-5-12/h1-7,9-11,18,30-31H,8H2,(H,27,33)(H,28,34)(H,29,32)(H,35,36)/t18-/m0/s1. The topological polar surface area (TPSA) is 165 Å². The van der Waals surface area contributed by atoms with Gasteiger partial charge in [0, 0.05) is 17.0 Å². The predicted molar refractivity (Wildman–Crippen MR) is 133 cm³/mol. The number of carbonyl (C=O) groups is 4. The van der Waals surface area contributed by atoms with Crippen molar-refractivity contribution in [3.63, 3.8) is 0 Å². The van der Waals surface area contributed by atoms with Gasteiger partial charge in [-0.05, 0) is 35.9 Å². The first-order valence-electron chi connectivity index (χ1n) is 10.3. The first-order chi connectivity index (χ1) is 17.0. The Morgan fingerprint density at radius 1 is 0.833 bits per heavy atom. The Bertz CT molecular complexity index is 1330. The zero-order chi connectivity index (χ0) is 26.4. The number of halogens is 2. The van der Waals surface area contributed by atoms with Gasteiger partial charge in [0.25, 0.3) is 5.91 Å². The Morgan fingerprint density at radius 2 is 1.47 bits per heavy atom. The number of carboxylic acids is 1. The van der Waals surface area contributed by atoms with E-state index in [9.17, 15) is 34.5 Å². The molecule has 3 aromatic rings. The fraction of sp³-hybridized carbons (Fsp3) is 0.0833. The van der Waals surface area contributed by atoms with Crippen LogP contribution in [0.1, 0.15) is 15.9 Å². The van der Waals surface area contributed by atoms with Crippen LogP contribution in [-0.2, 0) is 20.8 Å². The van der Waals surface area contributed by atoms with Crippen LogP contribution in [0.15, 0.2) is 60.7 Å². The van der Waals surface area contributed by atoms with Crippen LogP contribution in [-0.4, -0.2) is 45.1 Å². The molecule has 0 aliphatic carbocycles. The van der Waals surface area contributed by atoms with E-state index in [2.05, 4.69) is 16.0 Å². The SMILES string of the molecule is O=C(Nc1cc(C(=O)N[C@@H](Cc2ccccc2)C(=O)O)ccc1O)C(=O)Nc1cc(Cl)cc(Cl)c1O. The molecule has 0 fully saturated rings. The highest BCUT2D eigenvalue weighted by atomic mass is 35.5. The number of carbonyl (C=O) groups excluding carboxylic acids is 3. The molecule has 36 heavy (non-hydrogen) atoms. The maximum absolute atomic E-state index is 12.7. The number of benzene rings is 3. The summed E-state index contributed by atoms with van der Waals surface area (Å²) in [6.07, 6.45) is 0.0319. The van der Waals surface area contributed by atoms with Crippen LogP contribution < -0.4 is 16.0 Å². The summed E-state index contributed by atoms with van der Waals surface area (Å²) in [5.41, 5.74) is 0.109. The molecule has 3 aromatic carbocycles. The molecule has 12 heteroatoms. The maximum Gasteiger partial charge on any atom is 0.326 e. The molecule has 0 aliphatic heterocycles. The average molecular weight is 532 g/mol. The van der Waals surface area contributed by atoms with E-state index < -0.39 is 41.2 Å². The Balaban J connectivity index is 1.71. The van der Waals surface area contributed by atoms with Crippen molar-refractivity contribution < 1.29 is 34.5 Å². The number of rotatable bonds is 7. The van der Waals surface area contributed by atoms with E-state index in [-0.39, 0.29) is 33.4 Å². The number of aliphatic carboxylic acids is 1. The lowest BCUT2D eigenvalue weighted by atomic mass is 10.1. The maximum atomic E-state index is 12.7. The van der Waals surface area contributed by atoms with Gasteiger partial charge in [0.2, 0.25) is 0 Å². The quantitative estimate of drug-likeness (QED) is 0.200. The lowest BCUT2D eigenvalue weighted by Crippen LogP contribution is -2.42. The molecule has 0 unspecified atom stereocenters. The van der Waals surface area contributed by atoms with E-state index in [1.54, 1.807) is 30.3 Å². The van der Waals surface area contributed by atoms with Crippen LogP contribution in [0.5, 0.6) is 11.5 Å². The third kappa shape index (κ3) is 6.65. The molecule has 0 spiro atoms. The third-order valence-corrected chi connectivity index (χ3v) is 5.38. The van der Waals surface area contributed by atoms with Crippen LogP contribution in [0, 0.1) is 0 Å². The molecule has 0 heterocycles. The van der Waals surface area contributed by atoms with Gasteiger partial charge in [0.05, 0.1) is 16.4 Å². The Kier molecular flexibility index (Phi) is 8.36. The normalized spacial score (nSPS) is 11.3. The fourth-order valence-electron chi connectivity index (χ4n) is 3.09. The van der Waals surface area contributed by atoms with Crippen molar-refractivity contribution in [3.05, 3.63) is 81.8 Å². The summed E-state index contributed by atoms with van der Waals surface area (Å²) in [6, 6.07) is 13.2. The van der Waals surface area contributed by atoms with Crippen molar-refractivity contribution in [2.24, 2.45) is 0 Å². The van der Waals surface area contributed by atoms with Gasteiger partial charge in [0.15, 0.2) is 5.75 Å². The number of nitrogens with one attached hydrogen (secondary N) is 3. The van der Waals surface area contributed by atoms with Crippen molar-refractivity contribution in [3.8, 4) is 11.5 Å². The number of phenolic OH excluding ortho intramolecular Hbond substituents is 2. The highest BCUT2D eigenvalue weighted by molar-refractivity contribution is 6.44. The third-order valence-electron chi connectivity index (χ3n) is 4.88. The number of phenols is 2. The minimum Gasteiger partial charge on any atom is -0.506 e. The molecular formula is C24H19Cl2N3O7. The highest BCUT2D eigenvalue weighted by Crippen LogP contribution is 2.35. The molecule has 0 saturated heterocycles. The molecule has 0 aliphatic rings. The average Bonchev–Trinajstić information content (AvgIpc) is 2.83. The van der Waals surface area contributed by atoms with Gasteiger partial charge >= 0.3 is 17.8 Å². The van der Waals surface area contributed by atoms with E-state index in [0.29, 0.717) is 5.56 Å². The zero-order valence-corrected chi connectivity index (χ0v) is 19.8. The second-order valence-electron chi connectivity index (χ2n) is 7.48. The second kappa shape index (κ2) is 11.4. The van der Waals surface area contributed by atoms with Gasteiger partial charge in [0.1, 0.15) is 11.8 Å². The highest BCUT2D eigenvalue weighted by Gasteiger charge is 2.23. The van der Waals surface area contributed by atoms with Crippen LogP contribution in [0.25, 0.3) is 0 Å². The molecule has 6 N–H and O–H groups in total. The minimum absolute atomic E-state index is 0.0319. The van der Waals surface area contributed by atoms with Crippen LogP contribution in [0.2, 0.25) is 10.0 Å². The van der Waals surface area contributed by atoms with Gasteiger partial charge in [-0.1, -0.05) is 53.5 Å². The molecule has 1 atom stereocenters. The fourth-order valence-corrected chi connectivity index (χ4v) is 3.58. The largest absolute Gasteiger partial charge is 0.506 e. The number of hydrogen-bond acceptors (Lipinski definition) is 6. The lowest BCUT2D eigenvalue weighted by molar-refractivity contribution is -0.139. The predicted octanol–water partition coefficient (Wildman–Crippen LogP) is 3.41. The summed E-state index contributed by atoms with van der Waals surface area (Å²) in [5, 5.41) is 36.1. The monoisotopic (exact) mass is 531 g/mol. The molecule has 3 amide bonds. The zero-order valence-electron chi connectivity index (χ0n) is 18.3. The van der Waals surface area contributed by atoms with E-state index in [1.165, 1.54) is 18.2 Å². The van der Waals surface area contributed by atoms with Crippen LogP contribution >= 0.6 is 23.2 Å². The first kappa shape index (κ1) is 26.3. The van der Waals surface area contributed by atoms with Crippen LogP contribution in [0.3, 0.4) is 0 Å². The Labute approximate surface area is 214 Å². The van der Waals surface area contributed by atoms with Gasteiger partial charge in [-0.3, -0.25) is 14.4 Å². The molecule has 0 radical (unpaired) electrons. The summed E-state index contributed by atoms with van der Waals surface area (Å²) in [6.45, 7) is 0. The van der Waals surface area contributed by atoms with Crippen LogP contribution in [0.4, 0.5) is 11.4 Å². The van der Waals surface area contributed by atoms with Crippen molar-refractivity contribution >= 4 is 58.3 Å². The molecule has 0 saturated carbocycles. The molecule has 0 aromatic heterocycles. The number of amides is 3. The number of aromatic hydroxyl groups is 2. The molecule has 0 bridgehead atoms. The lowest BCUT2D eigenvalue weighted by Gasteiger charge is -2.15. The summed E-state index contributed by atoms with van der Waals surface area (Å²) in [4.78, 5) is 48.9. The smallest absolute Gasteiger partial charge is 0.326 e. The second-order valence-corrected chi connectivity index (χ2v) is 8.32. The number of hydrogen-bond donors (Lipinski definition) is 6. The van der Waals surface area contributed by atoms with Crippen molar-refractivity contribution in [1.82, 2.24) is 5.32 Å². The van der Waals surface area contributed by atoms with Crippen molar-refractivity contribution in [2.45, 2.75) is 12.5 Å². The number of anilines is 2. The number of carboxylic acid groups (broad SMARTS) is 1. The minimum atomic E-state index is -1.25. The molecular weight excluding hydrogens is 513 g/mol. The van der Waals surface area contributed by atoms with E-state index in [4.69, 9.17) is 23.2 Å². The summed E-state index contributed by atoms with van der Waals surface area (Å²) in [7, 11) is 0. The van der Waals surface area contributed by atoms with Crippen molar-refractivity contribution in [1.29, 1.82) is 0 Å². The first-order valence-corrected chi connectivity index (χ1v) is 11.0. The van der Waals surface area contributed by atoms with Gasteiger partial charge in [-0.15, -0.1) is 0 Å². The van der Waals surface area contributed by atoms with Crippen molar-refractivity contribution in [2.75, 3.05) is 10.6 Å². The summed E-state index contributed by atoms with van der Waals surface area (Å²) in [5.74, 6) is -5.47. The Hall–Kier alpha value is -4.28. The van der Waals surface area contributed by atoms with Gasteiger partial charge in [-0.25, -0.2) is 4.79 Å². The van der Waals surface area contributed by atoms with Gasteiger partial charge < -0.3 is 31.3 Å². The molecule has 10 nitrogen and oxygen atoms in total. The van der Waals surface area contributed by atoms with E-state index in [0.717, 1.165) is 12.1 Å². The molecule has 3 rings (SSSR count). The van der Waals surface area contributed by atoms with E-state index >= 15 is 0 Å². The summed E-state index contributed by atoms with van der Waals surface area (Å²) >= 11 is 11.6. The summed E-state index contributed by atoms with van der Waals surface area (Å²) < 4.78 is 0.